The third-order valence-corrected chi connectivity index (χ3v) is 2.62. The standard InChI is InChI=1S/C14H15NO3/c1-10-12(16)6-4-7-13(10)18-9-11-5-3-8-14(15-11)17-2/h3-8,16H,9H2,1-2H3. The van der Waals surface area contributed by atoms with Gasteiger partial charge in [-0.15, -0.1) is 0 Å². The van der Waals surface area contributed by atoms with Crippen molar-refractivity contribution in [3.05, 3.63) is 47.7 Å². The van der Waals surface area contributed by atoms with Crippen LogP contribution in [0.15, 0.2) is 36.4 Å². The highest BCUT2D eigenvalue weighted by atomic mass is 16.5. The number of hydrogen-bond donors (Lipinski definition) is 1. The summed E-state index contributed by atoms with van der Waals surface area (Å²) in [6, 6.07) is 10.7. The van der Waals surface area contributed by atoms with Gasteiger partial charge in [0.05, 0.1) is 12.8 Å². The second-order valence-corrected chi connectivity index (χ2v) is 3.86. The fourth-order valence-corrected chi connectivity index (χ4v) is 1.56. The Kier molecular flexibility index (Phi) is 3.67. The van der Waals surface area contributed by atoms with E-state index in [-0.39, 0.29) is 5.75 Å². The predicted molar refractivity (Wildman–Crippen MR) is 68.0 cm³/mol. The van der Waals surface area contributed by atoms with Crippen molar-refractivity contribution in [3.63, 3.8) is 0 Å². The highest BCUT2D eigenvalue weighted by Crippen LogP contribution is 2.26. The van der Waals surface area contributed by atoms with Crippen LogP contribution >= 0.6 is 0 Å². The predicted octanol–water partition coefficient (Wildman–Crippen LogP) is 2.68. The molecular weight excluding hydrogens is 230 g/mol. The first-order valence-electron chi connectivity index (χ1n) is 5.62. The molecule has 0 aliphatic rings. The van der Waals surface area contributed by atoms with Crippen molar-refractivity contribution in [3.8, 4) is 17.4 Å². The van der Waals surface area contributed by atoms with Gasteiger partial charge in [0, 0.05) is 11.6 Å². The van der Waals surface area contributed by atoms with Crippen LogP contribution in [-0.2, 0) is 6.61 Å². The number of hydrogen-bond acceptors (Lipinski definition) is 4. The van der Waals surface area contributed by atoms with Crippen molar-refractivity contribution in [2.75, 3.05) is 7.11 Å². The fraction of sp³-hybridized carbons (Fsp3) is 0.214. The smallest absolute Gasteiger partial charge is 0.213 e. The van der Waals surface area contributed by atoms with E-state index in [4.69, 9.17) is 9.47 Å². The van der Waals surface area contributed by atoms with Crippen molar-refractivity contribution in [1.82, 2.24) is 4.98 Å². The second kappa shape index (κ2) is 5.40. The van der Waals surface area contributed by atoms with Crippen molar-refractivity contribution in [1.29, 1.82) is 0 Å². The van der Waals surface area contributed by atoms with Gasteiger partial charge in [0.25, 0.3) is 0 Å². The number of benzene rings is 1. The number of rotatable bonds is 4. The minimum Gasteiger partial charge on any atom is -0.508 e. The SMILES string of the molecule is COc1cccc(COc2cccc(O)c2C)n1. The summed E-state index contributed by atoms with van der Waals surface area (Å²) in [5, 5.41) is 9.56. The normalized spacial score (nSPS) is 10.1. The molecule has 0 aliphatic carbocycles. The van der Waals surface area contributed by atoms with Crippen molar-refractivity contribution in [2.45, 2.75) is 13.5 Å². The average molecular weight is 245 g/mol. The molecule has 4 heteroatoms. The average Bonchev–Trinajstić information content (AvgIpc) is 2.41. The Hall–Kier alpha value is -2.23. The van der Waals surface area contributed by atoms with E-state index in [1.807, 2.05) is 25.1 Å². The lowest BCUT2D eigenvalue weighted by atomic mass is 10.2. The van der Waals surface area contributed by atoms with Crippen molar-refractivity contribution in [2.24, 2.45) is 0 Å². The van der Waals surface area contributed by atoms with E-state index in [1.54, 1.807) is 25.3 Å². The second-order valence-electron chi connectivity index (χ2n) is 3.86. The highest BCUT2D eigenvalue weighted by molar-refractivity contribution is 5.42. The number of methoxy groups -OCH3 is 1. The van der Waals surface area contributed by atoms with Gasteiger partial charge in [-0.1, -0.05) is 12.1 Å². The first-order chi connectivity index (χ1) is 8.70. The molecule has 1 N–H and O–H groups in total. The molecule has 18 heavy (non-hydrogen) atoms. The number of ether oxygens (including phenoxy) is 2. The van der Waals surface area contributed by atoms with Crippen LogP contribution in [0.1, 0.15) is 11.3 Å². The molecule has 0 unspecified atom stereocenters. The molecule has 0 amide bonds. The summed E-state index contributed by atoms with van der Waals surface area (Å²) in [6.07, 6.45) is 0. The van der Waals surface area contributed by atoms with Crippen LogP contribution in [0.4, 0.5) is 0 Å². The molecule has 0 saturated carbocycles. The molecule has 4 nitrogen and oxygen atoms in total. The number of phenolic OH excluding ortho intramolecular Hbond substituents is 1. The Morgan fingerprint density at radius 2 is 1.94 bits per heavy atom. The number of aromatic nitrogens is 1. The largest absolute Gasteiger partial charge is 0.508 e. The van der Waals surface area contributed by atoms with Gasteiger partial charge < -0.3 is 14.6 Å². The van der Waals surface area contributed by atoms with Crippen LogP contribution in [0.3, 0.4) is 0 Å². The van der Waals surface area contributed by atoms with E-state index < -0.39 is 0 Å². The maximum Gasteiger partial charge on any atom is 0.213 e. The van der Waals surface area contributed by atoms with Gasteiger partial charge >= 0.3 is 0 Å². The Balaban J connectivity index is 2.09. The number of nitrogens with zero attached hydrogens (tertiary/aromatic N) is 1. The summed E-state index contributed by atoms with van der Waals surface area (Å²) in [5.41, 5.74) is 1.50. The first kappa shape index (κ1) is 12.2. The maximum absolute atomic E-state index is 9.56. The summed E-state index contributed by atoms with van der Waals surface area (Å²) >= 11 is 0. The summed E-state index contributed by atoms with van der Waals surface area (Å²) in [6.45, 7) is 2.14. The molecular formula is C14H15NO3. The van der Waals surface area contributed by atoms with Crippen molar-refractivity contribution >= 4 is 0 Å². The Bertz CT molecular complexity index is 540. The topological polar surface area (TPSA) is 51.6 Å². The highest BCUT2D eigenvalue weighted by Gasteiger charge is 2.05. The van der Waals surface area contributed by atoms with Crippen LogP contribution in [-0.4, -0.2) is 17.2 Å². The molecule has 1 aromatic carbocycles. The number of phenols is 1. The molecule has 0 spiro atoms. The van der Waals surface area contributed by atoms with Gasteiger partial charge in [0.2, 0.25) is 5.88 Å². The molecule has 0 bridgehead atoms. The van der Waals surface area contributed by atoms with Crippen LogP contribution in [0.2, 0.25) is 0 Å². The van der Waals surface area contributed by atoms with E-state index in [1.165, 1.54) is 0 Å². The lowest BCUT2D eigenvalue weighted by Gasteiger charge is -2.10. The third kappa shape index (κ3) is 2.71. The van der Waals surface area contributed by atoms with E-state index >= 15 is 0 Å². The van der Waals surface area contributed by atoms with E-state index in [0.717, 1.165) is 11.3 Å². The summed E-state index contributed by atoms with van der Waals surface area (Å²) in [5.74, 6) is 1.44. The van der Waals surface area contributed by atoms with Crippen LogP contribution in [0, 0.1) is 6.92 Å². The van der Waals surface area contributed by atoms with E-state index in [2.05, 4.69) is 4.98 Å². The molecule has 2 rings (SSSR count). The summed E-state index contributed by atoms with van der Waals surface area (Å²) in [4.78, 5) is 4.25. The van der Waals surface area contributed by atoms with Gasteiger partial charge in [-0.3, -0.25) is 0 Å². The lowest BCUT2D eigenvalue weighted by molar-refractivity contribution is 0.294. The zero-order valence-electron chi connectivity index (χ0n) is 10.4. The minimum atomic E-state index is 0.228. The molecule has 1 heterocycles. The zero-order chi connectivity index (χ0) is 13.0. The molecule has 2 aromatic rings. The summed E-state index contributed by atoms with van der Waals surface area (Å²) in [7, 11) is 1.58. The van der Waals surface area contributed by atoms with Crippen LogP contribution in [0.5, 0.6) is 17.4 Å². The van der Waals surface area contributed by atoms with E-state index in [9.17, 15) is 5.11 Å². The van der Waals surface area contributed by atoms with E-state index in [0.29, 0.717) is 18.2 Å². The first-order valence-corrected chi connectivity index (χ1v) is 5.62. The quantitative estimate of drug-likeness (QED) is 0.899. The van der Waals surface area contributed by atoms with Gasteiger partial charge in [0.1, 0.15) is 18.1 Å². The lowest BCUT2D eigenvalue weighted by Crippen LogP contribution is -2.00. The van der Waals surface area contributed by atoms with Gasteiger partial charge in [0.15, 0.2) is 0 Å². The monoisotopic (exact) mass is 245 g/mol. The fourth-order valence-electron chi connectivity index (χ4n) is 1.56. The van der Waals surface area contributed by atoms with Crippen LogP contribution in [0.25, 0.3) is 0 Å². The molecule has 0 radical (unpaired) electrons. The molecule has 0 atom stereocenters. The van der Waals surface area contributed by atoms with Gasteiger partial charge in [-0.2, -0.15) is 0 Å². The zero-order valence-corrected chi connectivity index (χ0v) is 10.4. The molecule has 1 aromatic heterocycles. The Morgan fingerprint density at radius 3 is 2.72 bits per heavy atom. The summed E-state index contributed by atoms with van der Waals surface area (Å²) < 4.78 is 10.7. The molecule has 0 saturated heterocycles. The minimum absolute atomic E-state index is 0.228. The van der Waals surface area contributed by atoms with Gasteiger partial charge in [-0.25, -0.2) is 4.98 Å². The third-order valence-electron chi connectivity index (χ3n) is 2.62. The Morgan fingerprint density at radius 1 is 1.17 bits per heavy atom. The molecule has 94 valence electrons. The van der Waals surface area contributed by atoms with Crippen LogP contribution < -0.4 is 9.47 Å². The molecule has 0 fully saturated rings. The number of pyridine rings is 1. The van der Waals surface area contributed by atoms with Gasteiger partial charge in [-0.05, 0) is 25.1 Å². The Labute approximate surface area is 106 Å². The molecule has 0 aliphatic heterocycles. The maximum atomic E-state index is 9.56. The van der Waals surface area contributed by atoms with Crippen molar-refractivity contribution < 1.29 is 14.6 Å². The number of aromatic hydroxyl groups is 1.